The van der Waals surface area contributed by atoms with Crippen molar-refractivity contribution in [2.24, 2.45) is 0 Å². The summed E-state index contributed by atoms with van der Waals surface area (Å²) >= 11 is 0. The van der Waals surface area contributed by atoms with Crippen molar-refractivity contribution in [1.82, 2.24) is 20.3 Å². The summed E-state index contributed by atoms with van der Waals surface area (Å²) in [4.78, 5) is 40.0. The van der Waals surface area contributed by atoms with E-state index in [2.05, 4.69) is 41.0 Å². The van der Waals surface area contributed by atoms with Crippen LogP contribution < -0.4 is 10.2 Å². The van der Waals surface area contributed by atoms with E-state index in [1.54, 1.807) is 23.4 Å². The number of imidazole rings is 1. The molecule has 2 amide bonds. The van der Waals surface area contributed by atoms with Crippen molar-refractivity contribution in [2.75, 3.05) is 4.90 Å². The van der Waals surface area contributed by atoms with Gasteiger partial charge in [-0.1, -0.05) is 51.8 Å². The van der Waals surface area contributed by atoms with Gasteiger partial charge in [0.15, 0.2) is 0 Å². The molecule has 0 bridgehead atoms. The second kappa shape index (κ2) is 9.57. The van der Waals surface area contributed by atoms with Gasteiger partial charge in [0, 0.05) is 29.7 Å². The zero-order valence-corrected chi connectivity index (χ0v) is 19.4. The van der Waals surface area contributed by atoms with Gasteiger partial charge in [0.25, 0.3) is 5.91 Å². The minimum Gasteiger partial charge on any atom is -0.351 e. The lowest BCUT2D eigenvalue weighted by molar-refractivity contribution is -0.123. The highest BCUT2D eigenvalue weighted by Crippen LogP contribution is 2.32. The number of nitrogens with zero attached hydrogens (tertiary/aromatic N) is 3. The summed E-state index contributed by atoms with van der Waals surface area (Å²) in [5.74, 6) is -0.533. The lowest BCUT2D eigenvalue weighted by atomic mass is 9.87. The fourth-order valence-corrected chi connectivity index (χ4v) is 4.31. The van der Waals surface area contributed by atoms with Crippen molar-refractivity contribution < 1.29 is 9.59 Å². The van der Waals surface area contributed by atoms with Gasteiger partial charge in [-0.05, 0) is 42.0 Å². The second-order valence-corrected chi connectivity index (χ2v) is 9.62. The number of rotatable bonds is 6. The van der Waals surface area contributed by atoms with Crippen molar-refractivity contribution in [3.8, 4) is 0 Å². The van der Waals surface area contributed by atoms with E-state index in [9.17, 15) is 9.59 Å². The third-order valence-electron chi connectivity index (χ3n) is 6.17. The maximum atomic E-state index is 13.7. The molecular weight excluding hydrogens is 414 g/mol. The summed E-state index contributed by atoms with van der Waals surface area (Å²) in [7, 11) is 0. The van der Waals surface area contributed by atoms with Gasteiger partial charge in [0.05, 0.1) is 12.5 Å². The monoisotopic (exact) mass is 445 g/mol. The molecule has 2 aromatic heterocycles. The van der Waals surface area contributed by atoms with Crippen molar-refractivity contribution >= 4 is 17.5 Å². The minimum absolute atomic E-state index is 0.0284. The predicted octanol–water partition coefficient (Wildman–Crippen LogP) is 4.55. The standard InChI is InChI=1S/C26H31N5O2/c1-26(2,3)19-10-12-21(13-11-19)31(25(33)22-16-28-17-29-22)23(18-7-6-14-27-15-18)24(32)30-20-8-4-5-9-20/h6-7,10-17,20,23H,4-5,8-9H2,1-3H3,(H,28,29)(H,30,32)/t23-/m0/s1. The Morgan fingerprint density at radius 2 is 1.79 bits per heavy atom. The van der Waals surface area contributed by atoms with Crippen LogP contribution in [0, 0.1) is 0 Å². The average molecular weight is 446 g/mol. The van der Waals surface area contributed by atoms with Crippen molar-refractivity contribution in [3.63, 3.8) is 0 Å². The number of hydrogen-bond donors (Lipinski definition) is 2. The molecule has 1 aliphatic carbocycles. The van der Waals surface area contributed by atoms with Crippen LogP contribution in [0.25, 0.3) is 0 Å². The van der Waals surface area contributed by atoms with Crippen LogP contribution in [0.4, 0.5) is 5.69 Å². The number of carbonyl (C=O) groups is 2. The first kappa shape index (κ1) is 22.7. The Labute approximate surface area is 194 Å². The summed E-state index contributed by atoms with van der Waals surface area (Å²) in [5.41, 5.74) is 2.73. The van der Waals surface area contributed by atoms with Crippen LogP contribution in [0.5, 0.6) is 0 Å². The van der Waals surface area contributed by atoms with Crippen LogP contribution in [-0.2, 0) is 10.2 Å². The number of H-pyrrole nitrogens is 1. The molecule has 7 nitrogen and oxygen atoms in total. The summed E-state index contributed by atoms with van der Waals surface area (Å²) in [6.45, 7) is 6.43. The van der Waals surface area contributed by atoms with Crippen LogP contribution in [-0.4, -0.2) is 32.8 Å². The van der Waals surface area contributed by atoms with Gasteiger partial charge in [-0.25, -0.2) is 4.98 Å². The number of anilines is 1. The van der Waals surface area contributed by atoms with E-state index < -0.39 is 6.04 Å². The molecule has 1 saturated carbocycles. The Morgan fingerprint density at radius 1 is 1.06 bits per heavy atom. The van der Waals surface area contributed by atoms with Gasteiger partial charge < -0.3 is 10.3 Å². The predicted molar refractivity (Wildman–Crippen MR) is 128 cm³/mol. The molecule has 2 N–H and O–H groups in total. The molecule has 0 radical (unpaired) electrons. The van der Waals surface area contributed by atoms with E-state index in [4.69, 9.17) is 0 Å². The zero-order valence-electron chi connectivity index (χ0n) is 19.4. The molecule has 0 aliphatic heterocycles. The topological polar surface area (TPSA) is 91.0 Å². The van der Waals surface area contributed by atoms with Gasteiger partial charge in [-0.2, -0.15) is 0 Å². The Morgan fingerprint density at radius 3 is 2.36 bits per heavy atom. The maximum Gasteiger partial charge on any atom is 0.277 e. The van der Waals surface area contributed by atoms with Gasteiger partial charge in [-0.15, -0.1) is 0 Å². The average Bonchev–Trinajstić information content (AvgIpc) is 3.51. The molecule has 1 aromatic carbocycles. The number of nitrogens with one attached hydrogen (secondary N) is 2. The SMILES string of the molecule is CC(C)(C)c1ccc(N(C(=O)c2cnc[nH]2)[C@H](C(=O)NC2CCCC2)c2cccnc2)cc1. The fraction of sp³-hybridized carbons (Fsp3) is 0.385. The first-order chi connectivity index (χ1) is 15.8. The van der Waals surface area contributed by atoms with Crippen LogP contribution in [0.3, 0.4) is 0 Å². The van der Waals surface area contributed by atoms with Crippen LogP contribution in [0.1, 0.15) is 74.1 Å². The van der Waals surface area contributed by atoms with Gasteiger partial charge in [-0.3, -0.25) is 19.5 Å². The van der Waals surface area contributed by atoms with Gasteiger partial charge in [0.2, 0.25) is 5.91 Å². The van der Waals surface area contributed by atoms with E-state index in [-0.39, 0.29) is 23.3 Å². The van der Waals surface area contributed by atoms with Crippen LogP contribution in [0.2, 0.25) is 0 Å². The summed E-state index contributed by atoms with van der Waals surface area (Å²) in [6, 6.07) is 10.7. The largest absolute Gasteiger partial charge is 0.351 e. The van der Waals surface area contributed by atoms with Gasteiger partial charge in [0.1, 0.15) is 11.7 Å². The highest BCUT2D eigenvalue weighted by atomic mass is 16.2. The first-order valence-corrected chi connectivity index (χ1v) is 11.5. The zero-order chi connectivity index (χ0) is 23.4. The number of pyridine rings is 1. The number of amides is 2. The molecule has 2 heterocycles. The van der Waals surface area contributed by atoms with Crippen molar-refractivity contribution in [1.29, 1.82) is 0 Å². The normalized spacial score (nSPS) is 15.2. The van der Waals surface area contributed by atoms with Crippen molar-refractivity contribution in [3.05, 3.63) is 78.1 Å². The molecule has 1 aliphatic rings. The molecule has 172 valence electrons. The summed E-state index contributed by atoms with van der Waals surface area (Å²) in [5, 5.41) is 3.18. The number of aromatic nitrogens is 3. The molecule has 0 spiro atoms. The molecule has 0 saturated heterocycles. The van der Waals surface area contributed by atoms with E-state index >= 15 is 0 Å². The highest BCUT2D eigenvalue weighted by Gasteiger charge is 2.35. The third-order valence-corrected chi connectivity index (χ3v) is 6.17. The lowest BCUT2D eigenvalue weighted by Gasteiger charge is -2.32. The number of benzene rings is 1. The van der Waals surface area contributed by atoms with E-state index in [1.807, 2.05) is 30.3 Å². The van der Waals surface area contributed by atoms with Crippen LogP contribution in [0.15, 0.2) is 61.3 Å². The Balaban J connectivity index is 1.79. The molecule has 4 rings (SSSR count). The Kier molecular flexibility index (Phi) is 6.58. The van der Waals surface area contributed by atoms with E-state index in [1.165, 1.54) is 12.5 Å². The molecule has 1 fully saturated rings. The van der Waals surface area contributed by atoms with Crippen LogP contribution >= 0.6 is 0 Å². The summed E-state index contributed by atoms with van der Waals surface area (Å²) < 4.78 is 0. The Bertz CT molecular complexity index is 1070. The molecule has 7 heteroatoms. The maximum absolute atomic E-state index is 13.7. The second-order valence-electron chi connectivity index (χ2n) is 9.62. The summed E-state index contributed by atoms with van der Waals surface area (Å²) in [6.07, 6.45) is 10.4. The molecule has 0 unspecified atom stereocenters. The smallest absolute Gasteiger partial charge is 0.277 e. The fourth-order valence-electron chi connectivity index (χ4n) is 4.31. The Hall–Kier alpha value is -3.48. The van der Waals surface area contributed by atoms with E-state index in [0.29, 0.717) is 16.9 Å². The molecule has 3 aromatic rings. The van der Waals surface area contributed by atoms with Crippen molar-refractivity contribution in [2.45, 2.75) is 64.0 Å². The number of carbonyl (C=O) groups excluding carboxylic acids is 2. The third kappa shape index (κ3) is 5.13. The number of aromatic amines is 1. The molecule has 1 atom stereocenters. The van der Waals surface area contributed by atoms with Gasteiger partial charge >= 0.3 is 0 Å². The molecular formula is C26H31N5O2. The lowest BCUT2D eigenvalue weighted by Crippen LogP contribution is -2.46. The number of hydrogen-bond acceptors (Lipinski definition) is 4. The minimum atomic E-state index is -0.865. The van der Waals surface area contributed by atoms with E-state index in [0.717, 1.165) is 31.2 Å². The highest BCUT2D eigenvalue weighted by molar-refractivity contribution is 6.09. The quantitative estimate of drug-likeness (QED) is 0.582. The first-order valence-electron chi connectivity index (χ1n) is 11.5. The molecule has 33 heavy (non-hydrogen) atoms.